The minimum Gasteiger partial charge on any atom is -0.381 e. The Kier molecular flexibility index (Phi) is 4.04. The summed E-state index contributed by atoms with van der Waals surface area (Å²) >= 11 is 0. The standard InChI is InChI=1S/C16H18F2O3/c17-13-2-1-11(9-14(13)18)15(19)12-3-6-21-16(10-12)4-7-20-8-5-16/h1-2,9,12H,3-8,10H2. The summed E-state index contributed by atoms with van der Waals surface area (Å²) in [7, 11) is 0. The highest BCUT2D eigenvalue weighted by Gasteiger charge is 2.41. The first-order valence-corrected chi connectivity index (χ1v) is 7.31. The number of hydrogen-bond acceptors (Lipinski definition) is 3. The molecule has 3 rings (SSSR count). The number of Topliss-reactive ketones (excluding diaryl/α,β-unsaturated/α-hetero) is 1. The molecule has 0 bridgehead atoms. The summed E-state index contributed by atoms with van der Waals surface area (Å²) in [6.45, 7) is 1.82. The average molecular weight is 296 g/mol. The maximum absolute atomic E-state index is 13.3. The van der Waals surface area contributed by atoms with Crippen molar-refractivity contribution in [1.82, 2.24) is 0 Å². The molecular weight excluding hydrogens is 278 g/mol. The SMILES string of the molecule is O=C(c1ccc(F)c(F)c1)C1CCOC2(CCOCC2)C1. The molecule has 1 aromatic carbocycles. The fourth-order valence-electron chi connectivity index (χ4n) is 3.23. The summed E-state index contributed by atoms with van der Waals surface area (Å²) in [5, 5.41) is 0. The number of benzene rings is 1. The zero-order chi connectivity index (χ0) is 14.9. The van der Waals surface area contributed by atoms with Crippen LogP contribution in [-0.4, -0.2) is 31.2 Å². The predicted molar refractivity (Wildman–Crippen MR) is 72.1 cm³/mol. The second-order valence-electron chi connectivity index (χ2n) is 5.83. The van der Waals surface area contributed by atoms with Gasteiger partial charge in [-0.3, -0.25) is 4.79 Å². The van der Waals surface area contributed by atoms with E-state index in [4.69, 9.17) is 9.47 Å². The van der Waals surface area contributed by atoms with Crippen LogP contribution in [0.25, 0.3) is 0 Å². The topological polar surface area (TPSA) is 35.5 Å². The highest BCUT2D eigenvalue weighted by Crippen LogP contribution is 2.38. The summed E-state index contributed by atoms with van der Waals surface area (Å²) in [4.78, 5) is 12.5. The molecule has 21 heavy (non-hydrogen) atoms. The Hall–Kier alpha value is -1.33. The van der Waals surface area contributed by atoms with Crippen LogP contribution in [0.3, 0.4) is 0 Å². The number of ketones is 1. The summed E-state index contributed by atoms with van der Waals surface area (Å²) in [5.74, 6) is -2.22. The smallest absolute Gasteiger partial charge is 0.166 e. The third kappa shape index (κ3) is 2.99. The predicted octanol–water partition coefficient (Wildman–Crippen LogP) is 3.12. The van der Waals surface area contributed by atoms with Crippen molar-refractivity contribution < 1.29 is 23.0 Å². The van der Waals surface area contributed by atoms with Crippen molar-refractivity contribution in [2.45, 2.75) is 31.3 Å². The second kappa shape index (κ2) is 5.81. The molecule has 0 saturated carbocycles. The molecule has 0 aliphatic carbocycles. The third-order valence-corrected chi connectivity index (χ3v) is 4.47. The summed E-state index contributed by atoms with van der Waals surface area (Å²) < 4.78 is 37.5. The van der Waals surface area contributed by atoms with E-state index in [2.05, 4.69) is 0 Å². The Morgan fingerprint density at radius 3 is 2.62 bits per heavy atom. The van der Waals surface area contributed by atoms with Crippen molar-refractivity contribution in [3.05, 3.63) is 35.4 Å². The average Bonchev–Trinajstić information content (AvgIpc) is 2.50. The molecule has 3 nitrogen and oxygen atoms in total. The zero-order valence-electron chi connectivity index (χ0n) is 11.7. The lowest BCUT2D eigenvalue weighted by atomic mass is 9.78. The molecule has 0 radical (unpaired) electrons. The van der Waals surface area contributed by atoms with Gasteiger partial charge in [0.2, 0.25) is 0 Å². The molecule has 2 aliphatic heterocycles. The summed E-state index contributed by atoms with van der Waals surface area (Å²) in [6.07, 6.45) is 2.83. The molecule has 2 saturated heterocycles. The van der Waals surface area contributed by atoms with Crippen LogP contribution in [0.2, 0.25) is 0 Å². The Balaban J connectivity index is 1.76. The van der Waals surface area contributed by atoms with E-state index < -0.39 is 11.6 Å². The van der Waals surface area contributed by atoms with Crippen molar-refractivity contribution in [1.29, 1.82) is 0 Å². The van der Waals surface area contributed by atoms with Crippen LogP contribution in [-0.2, 0) is 9.47 Å². The van der Waals surface area contributed by atoms with Gasteiger partial charge in [0.15, 0.2) is 17.4 Å². The molecule has 0 N–H and O–H groups in total. The van der Waals surface area contributed by atoms with Gasteiger partial charge in [-0.25, -0.2) is 8.78 Å². The largest absolute Gasteiger partial charge is 0.381 e. The number of hydrogen-bond donors (Lipinski definition) is 0. The van der Waals surface area contributed by atoms with Crippen LogP contribution in [0.5, 0.6) is 0 Å². The van der Waals surface area contributed by atoms with E-state index >= 15 is 0 Å². The summed E-state index contributed by atoms with van der Waals surface area (Å²) in [5.41, 5.74) is -0.0434. The van der Waals surface area contributed by atoms with E-state index in [1.807, 2.05) is 0 Å². The highest BCUT2D eigenvalue weighted by atomic mass is 19.2. The van der Waals surface area contributed by atoms with E-state index in [1.54, 1.807) is 0 Å². The van der Waals surface area contributed by atoms with Gasteiger partial charge < -0.3 is 9.47 Å². The molecule has 1 aromatic rings. The number of carbonyl (C=O) groups is 1. The Labute approximate surface area is 122 Å². The van der Waals surface area contributed by atoms with Crippen molar-refractivity contribution in [3.63, 3.8) is 0 Å². The lowest BCUT2D eigenvalue weighted by Crippen LogP contribution is -2.45. The summed E-state index contributed by atoms with van der Waals surface area (Å²) in [6, 6.07) is 3.35. The minimum absolute atomic E-state index is 0.122. The minimum atomic E-state index is -0.978. The van der Waals surface area contributed by atoms with Crippen LogP contribution in [0.4, 0.5) is 8.78 Å². The monoisotopic (exact) mass is 296 g/mol. The van der Waals surface area contributed by atoms with E-state index in [1.165, 1.54) is 6.07 Å². The Morgan fingerprint density at radius 2 is 1.90 bits per heavy atom. The van der Waals surface area contributed by atoms with Crippen LogP contribution >= 0.6 is 0 Å². The third-order valence-electron chi connectivity index (χ3n) is 4.47. The van der Waals surface area contributed by atoms with Gasteiger partial charge in [-0.1, -0.05) is 0 Å². The van der Waals surface area contributed by atoms with Gasteiger partial charge in [0.25, 0.3) is 0 Å². The van der Waals surface area contributed by atoms with E-state index in [9.17, 15) is 13.6 Å². The molecule has 1 atom stereocenters. The normalized spacial score (nSPS) is 25.0. The molecule has 2 heterocycles. The first-order chi connectivity index (χ1) is 10.1. The van der Waals surface area contributed by atoms with Crippen LogP contribution in [0, 0.1) is 17.6 Å². The highest BCUT2D eigenvalue weighted by molar-refractivity contribution is 5.98. The van der Waals surface area contributed by atoms with Crippen molar-refractivity contribution >= 4 is 5.78 Å². The Morgan fingerprint density at radius 1 is 1.14 bits per heavy atom. The zero-order valence-corrected chi connectivity index (χ0v) is 11.7. The van der Waals surface area contributed by atoms with Gasteiger partial charge in [0.1, 0.15) is 0 Å². The lowest BCUT2D eigenvalue weighted by Gasteiger charge is -2.42. The van der Waals surface area contributed by atoms with E-state index in [-0.39, 0.29) is 22.9 Å². The van der Waals surface area contributed by atoms with Crippen molar-refractivity contribution in [3.8, 4) is 0 Å². The molecule has 114 valence electrons. The molecular formula is C16H18F2O3. The molecule has 0 aromatic heterocycles. The van der Waals surface area contributed by atoms with Gasteiger partial charge in [-0.05, 0) is 43.9 Å². The van der Waals surface area contributed by atoms with E-state index in [0.717, 1.165) is 25.0 Å². The number of halogens is 2. The number of carbonyl (C=O) groups excluding carboxylic acids is 1. The number of rotatable bonds is 2. The van der Waals surface area contributed by atoms with Gasteiger partial charge in [-0.2, -0.15) is 0 Å². The van der Waals surface area contributed by atoms with Crippen LogP contribution in [0.1, 0.15) is 36.0 Å². The van der Waals surface area contributed by atoms with Gasteiger partial charge in [0, 0.05) is 31.3 Å². The van der Waals surface area contributed by atoms with Gasteiger partial charge in [-0.15, -0.1) is 0 Å². The molecule has 0 amide bonds. The Bertz CT molecular complexity index is 533. The number of ether oxygens (including phenoxy) is 2. The van der Waals surface area contributed by atoms with Crippen molar-refractivity contribution in [2.24, 2.45) is 5.92 Å². The van der Waals surface area contributed by atoms with E-state index in [0.29, 0.717) is 32.7 Å². The van der Waals surface area contributed by atoms with Gasteiger partial charge >= 0.3 is 0 Å². The lowest BCUT2D eigenvalue weighted by molar-refractivity contribution is -0.142. The molecule has 2 aliphatic rings. The van der Waals surface area contributed by atoms with Gasteiger partial charge in [0.05, 0.1) is 5.60 Å². The molecule has 1 spiro atoms. The molecule has 2 fully saturated rings. The maximum Gasteiger partial charge on any atom is 0.166 e. The fraction of sp³-hybridized carbons (Fsp3) is 0.562. The first-order valence-electron chi connectivity index (χ1n) is 7.31. The second-order valence-corrected chi connectivity index (χ2v) is 5.83. The van der Waals surface area contributed by atoms with Crippen LogP contribution in [0.15, 0.2) is 18.2 Å². The van der Waals surface area contributed by atoms with Crippen molar-refractivity contribution in [2.75, 3.05) is 19.8 Å². The molecule has 5 heteroatoms. The molecule has 1 unspecified atom stereocenters. The fourth-order valence-corrected chi connectivity index (χ4v) is 3.23. The first kappa shape index (κ1) is 14.6. The quantitative estimate of drug-likeness (QED) is 0.787. The van der Waals surface area contributed by atoms with Crippen LogP contribution < -0.4 is 0 Å². The maximum atomic E-state index is 13.3.